The first-order valence-corrected chi connectivity index (χ1v) is 14.5. The van der Waals surface area contributed by atoms with E-state index in [1.807, 2.05) is 37.6 Å². The average molecular weight is 613 g/mol. The number of anilines is 1. The molecule has 2 aromatic carbocycles. The molecule has 1 fully saturated rings. The van der Waals surface area contributed by atoms with Crippen LogP contribution in [0, 0.1) is 12.7 Å². The van der Waals surface area contributed by atoms with E-state index in [0.29, 0.717) is 59.4 Å². The lowest BCUT2D eigenvalue weighted by Crippen LogP contribution is -2.35. The number of ether oxygens (including phenoxy) is 3. The Labute approximate surface area is 259 Å². The lowest BCUT2D eigenvalue weighted by atomic mass is 10.1. The number of rotatable bonds is 7. The number of nitrogens with zero attached hydrogens (tertiary/aromatic N) is 7. The van der Waals surface area contributed by atoms with Gasteiger partial charge in [-0.1, -0.05) is 0 Å². The molecule has 6 rings (SSSR count). The van der Waals surface area contributed by atoms with E-state index >= 15 is 0 Å². The van der Waals surface area contributed by atoms with Gasteiger partial charge in [-0.15, -0.1) is 0 Å². The molecule has 5 aromatic rings. The molecule has 0 unspecified atom stereocenters. The largest absolute Gasteiger partial charge is 0.489 e. The highest BCUT2D eigenvalue weighted by atomic mass is 19.1. The monoisotopic (exact) mass is 612 g/mol. The summed E-state index contributed by atoms with van der Waals surface area (Å²) in [6.07, 6.45) is 5.06. The summed E-state index contributed by atoms with van der Waals surface area (Å²) in [5.74, 6) is 1.54. The van der Waals surface area contributed by atoms with Crippen molar-refractivity contribution in [3.8, 4) is 28.5 Å². The molecule has 0 radical (unpaired) electrons. The normalized spacial score (nSPS) is 15.0. The highest BCUT2D eigenvalue weighted by Crippen LogP contribution is 2.35. The SMILES string of the molecule is Cc1ncc(COc2cc(F)cc(Oc3ccc(-c4nn([C@@H]5CCN(C(=O)OC(C)(C)C)C5)c5ncnc(N)c45)cc3)c2)cn1. The molecular formula is C32H33FN8O4. The second-order valence-electron chi connectivity index (χ2n) is 11.8. The maximum Gasteiger partial charge on any atom is 0.410 e. The number of hydrogen-bond acceptors (Lipinski definition) is 10. The van der Waals surface area contributed by atoms with Crippen molar-refractivity contribution < 1.29 is 23.4 Å². The van der Waals surface area contributed by atoms with Crippen LogP contribution in [0.3, 0.4) is 0 Å². The summed E-state index contributed by atoms with van der Waals surface area (Å²) in [6, 6.07) is 11.3. The van der Waals surface area contributed by atoms with Crippen LogP contribution in [-0.2, 0) is 11.3 Å². The average Bonchev–Trinajstić information content (AvgIpc) is 3.63. The van der Waals surface area contributed by atoms with Crippen molar-refractivity contribution in [1.29, 1.82) is 0 Å². The van der Waals surface area contributed by atoms with Gasteiger partial charge in [0.25, 0.3) is 0 Å². The van der Waals surface area contributed by atoms with Crippen molar-refractivity contribution in [3.05, 3.63) is 78.4 Å². The summed E-state index contributed by atoms with van der Waals surface area (Å²) in [5.41, 5.74) is 8.44. The minimum atomic E-state index is -0.583. The van der Waals surface area contributed by atoms with Crippen LogP contribution in [0.25, 0.3) is 22.3 Å². The molecular weight excluding hydrogens is 579 g/mol. The Kier molecular flexibility index (Phi) is 7.92. The number of benzene rings is 2. The minimum absolute atomic E-state index is 0.117. The number of nitrogens with two attached hydrogens (primary N) is 1. The first kappa shape index (κ1) is 29.7. The number of amides is 1. The second kappa shape index (κ2) is 12.0. The third-order valence-corrected chi connectivity index (χ3v) is 7.13. The van der Waals surface area contributed by atoms with Gasteiger partial charge in [0, 0.05) is 54.8 Å². The van der Waals surface area contributed by atoms with Crippen LogP contribution in [0.1, 0.15) is 44.6 Å². The lowest BCUT2D eigenvalue weighted by molar-refractivity contribution is 0.0288. The Morgan fingerprint density at radius 3 is 2.49 bits per heavy atom. The fourth-order valence-corrected chi connectivity index (χ4v) is 5.04. The van der Waals surface area contributed by atoms with Gasteiger partial charge in [-0.3, -0.25) is 0 Å². The van der Waals surface area contributed by atoms with E-state index in [9.17, 15) is 9.18 Å². The molecule has 1 saturated heterocycles. The topological polar surface area (TPSA) is 143 Å². The fraction of sp³-hybridized carbons (Fsp3) is 0.312. The number of carbonyl (C=O) groups is 1. The highest BCUT2D eigenvalue weighted by molar-refractivity contribution is 5.98. The lowest BCUT2D eigenvalue weighted by Gasteiger charge is -2.24. The summed E-state index contributed by atoms with van der Waals surface area (Å²) >= 11 is 0. The van der Waals surface area contributed by atoms with Crippen LogP contribution < -0.4 is 15.2 Å². The van der Waals surface area contributed by atoms with Crippen molar-refractivity contribution in [1.82, 2.24) is 34.6 Å². The van der Waals surface area contributed by atoms with E-state index in [1.165, 1.54) is 18.5 Å². The zero-order valence-corrected chi connectivity index (χ0v) is 25.4. The Balaban J connectivity index is 1.20. The Morgan fingerprint density at radius 2 is 1.76 bits per heavy atom. The van der Waals surface area contributed by atoms with Gasteiger partial charge in [-0.2, -0.15) is 5.10 Å². The van der Waals surface area contributed by atoms with Crippen LogP contribution >= 0.6 is 0 Å². The molecule has 0 spiro atoms. The van der Waals surface area contributed by atoms with Gasteiger partial charge < -0.3 is 24.8 Å². The van der Waals surface area contributed by atoms with Crippen LogP contribution in [0.15, 0.2) is 61.2 Å². The molecule has 4 heterocycles. The van der Waals surface area contributed by atoms with Gasteiger partial charge in [0.15, 0.2) is 5.65 Å². The second-order valence-corrected chi connectivity index (χ2v) is 11.8. The molecule has 0 saturated carbocycles. The highest BCUT2D eigenvalue weighted by Gasteiger charge is 2.33. The first-order valence-electron chi connectivity index (χ1n) is 14.5. The quantitative estimate of drug-likeness (QED) is 0.237. The number of fused-ring (bicyclic) bond motifs is 1. The van der Waals surface area contributed by atoms with E-state index < -0.39 is 11.4 Å². The predicted molar refractivity (Wildman–Crippen MR) is 164 cm³/mol. The molecule has 12 nitrogen and oxygen atoms in total. The number of nitrogen functional groups attached to an aromatic ring is 1. The zero-order chi connectivity index (χ0) is 31.7. The van der Waals surface area contributed by atoms with Crippen LogP contribution in [0.2, 0.25) is 0 Å². The number of likely N-dealkylation sites (tertiary alicyclic amines) is 1. The fourth-order valence-electron chi connectivity index (χ4n) is 5.04. The number of hydrogen-bond donors (Lipinski definition) is 1. The van der Waals surface area contributed by atoms with Crippen LogP contribution in [0.5, 0.6) is 17.2 Å². The van der Waals surface area contributed by atoms with E-state index in [-0.39, 0.29) is 24.5 Å². The first-order chi connectivity index (χ1) is 21.5. The minimum Gasteiger partial charge on any atom is -0.489 e. The Bertz CT molecular complexity index is 1840. The predicted octanol–water partition coefficient (Wildman–Crippen LogP) is 5.87. The van der Waals surface area contributed by atoms with E-state index in [0.717, 1.165) is 11.1 Å². The molecule has 45 heavy (non-hydrogen) atoms. The van der Waals surface area contributed by atoms with Gasteiger partial charge in [0.05, 0.1) is 11.4 Å². The molecule has 1 aliphatic rings. The number of aromatic nitrogens is 6. The summed E-state index contributed by atoms with van der Waals surface area (Å²) < 4.78 is 33.5. The van der Waals surface area contributed by atoms with E-state index in [1.54, 1.807) is 42.4 Å². The molecule has 232 valence electrons. The molecule has 1 aliphatic heterocycles. The van der Waals surface area contributed by atoms with Crippen LogP contribution in [0.4, 0.5) is 15.0 Å². The Hall–Kier alpha value is -5.33. The number of aryl methyl sites for hydroxylation is 1. The molecule has 0 aliphatic carbocycles. The standard InChI is InChI=1S/C32H33FN8O4/c1-19-35-14-20(15-36-19)17-43-25-11-22(33)12-26(13-25)44-24-7-5-21(6-8-24)28-27-29(34)37-18-38-30(27)41(39-28)23-9-10-40(16-23)31(42)45-32(2,3)4/h5-8,11-15,18,23H,9-10,16-17H2,1-4H3,(H2,34,37,38)/t23-/m1/s1. The molecule has 1 atom stereocenters. The maximum absolute atomic E-state index is 14.4. The number of carbonyl (C=O) groups excluding carboxylic acids is 1. The van der Waals surface area contributed by atoms with Crippen molar-refractivity contribution in [2.75, 3.05) is 18.8 Å². The molecule has 2 N–H and O–H groups in total. The third-order valence-electron chi connectivity index (χ3n) is 7.13. The zero-order valence-electron chi connectivity index (χ0n) is 25.4. The third kappa shape index (κ3) is 6.77. The summed E-state index contributed by atoms with van der Waals surface area (Å²) in [4.78, 5) is 31.3. The van der Waals surface area contributed by atoms with Crippen LogP contribution in [-0.4, -0.2) is 59.4 Å². The van der Waals surface area contributed by atoms with Crippen molar-refractivity contribution in [2.24, 2.45) is 0 Å². The van der Waals surface area contributed by atoms with Gasteiger partial charge in [-0.25, -0.2) is 33.8 Å². The summed E-state index contributed by atoms with van der Waals surface area (Å²) in [6.45, 7) is 8.48. The van der Waals surface area contributed by atoms with Gasteiger partial charge in [-0.05, 0) is 58.4 Å². The molecule has 3 aromatic heterocycles. The summed E-state index contributed by atoms with van der Waals surface area (Å²) in [7, 11) is 0. The van der Waals surface area contributed by atoms with Crippen molar-refractivity contribution in [2.45, 2.75) is 52.4 Å². The maximum atomic E-state index is 14.4. The van der Waals surface area contributed by atoms with E-state index in [4.69, 9.17) is 25.0 Å². The molecule has 13 heteroatoms. The van der Waals surface area contributed by atoms with Crippen molar-refractivity contribution >= 4 is 22.9 Å². The molecule has 0 bridgehead atoms. The van der Waals surface area contributed by atoms with E-state index in [2.05, 4.69) is 19.9 Å². The van der Waals surface area contributed by atoms with Gasteiger partial charge in [0.1, 0.15) is 58.9 Å². The van der Waals surface area contributed by atoms with Gasteiger partial charge in [0.2, 0.25) is 0 Å². The smallest absolute Gasteiger partial charge is 0.410 e. The molecule has 1 amide bonds. The van der Waals surface area contributed by atoms with Crippen molar-refractivity contribution in [3.63, 3.8) is 0 Å². The summed E-state index contributed by atoms with van der Waals surface area (Å²) in [5, 5.41) is 5.52. The van der Waals surface area contributed by atoms with Gasteiger partial charge >= 0.3 is 6.09 Å². The Morgan fingerprint density at radius 1 is 1.02 bits per heavy atom. The number of halogens is 1.